The van der Waals surface area contributed by atoms with Crippen LogP contribution < -0.4 is 26.6 Å². The second-order valence-corrected chi connectivity index (χ2v) is 10.9. The highest BCUT2D eigenvalue weighted by Crippen LogP contribution is 2.48. The summed E-state index contributed by atoms with van der Waals surface area (Å²) >= 11 is 0. The number of aliphatic hydroxyl groups excluding tert-OH is 1. The third kappa shape index (κ3) is 6.57. The molecule has 0 aliphatic carbocycles. The van der Waals surface area contributed by atoms with E-state index in [4.69, 9.17) is 24.3 Å². The fourth-order valence-electron chi connectivity index (χ4n) is 3.85. The van der Waals surface area contributed by atoms with Gasteiger partial charge in [-0.3, -0.25) is 23.7 Å². The van der Waals surface area contributed by atoms with E-state index in [0.717, 1.165) is 16.8 Å². The number of aromatic nitrogens is 2. The van der Waals surface area contributed by atoms with Crippen molar-refractivity contribution >= 4 is 13.7 Å². The number of esters is 1. The predicted octanol–water partition coefficient (Wildman–Crippen LogP) is 0.984. The Kier molecular flexibility index (Phi) is 9.29. The summed E-state index contributed by atoms with van der Waals surface area (Å²) in [7, 11) is -4.38. The first-order valence-corrected chi connectivity index (χ1v) is 13.3. The summed E-state index contributed by atoms with van der Waals surface area (Å²) < 4.78 is 51.0. The van der Waals surface area contributed by atoms with E-state index >= 15 is 0 Å². The number of H-pyrrole nitrogens is 1. The predicted molar refractivity (Wildman–Crippen MR) is 133 cm³/mol. The molecule has 0 saturated carbocycles. The number of para-hydroxylation sites is 1. The topological polar surface area (TPSA) is 184 Å². The van der Waals surface area contributed by atoms with E-state index in [0.29, 0.717) is 0 Å². The van der Waals surface area contributed by atoms with Crippen LogP contribution in [0, 0.1) is 0 Å². The second kappa shape index (κ2) is 11.9. The number of nitrogens with two attached hydrogens (primary N) is 1. The summed E-state index contributed by atoms with van der Waals surface area (Å²) in [5.74, 6) is -0.580. The van der Waals surface area contributed by atoms with Gasteiger partial charge in [0.2, 0.25) is 0 Å². The minimum atomic E-state index is -4.38. The van der Waals surface area contributed by atoms with Crippen LogP contribution in [0.3, 0.4) is 0 Å². The van der Waals surface area contributed by atoms with Crippen LogP contribution in [0.2, 0.25) is 0 Å². The monoisotopic (exact) mass is 558 g/mol. The molecule has 0 bridgehead atoms. The molecule has 0 spiro atoms. The molecule has 13 nitrogen and oxygen atoms in total. The van der Waals surface area contributed by atoms with Crippen molar-refractivity contribution in [1.82, 2.24) is 14.6 Å². The number of carbonyl (C=O) groups excluding carboxylic acids is 1. The molecule has 210 valence electrons. The Morgan fingerprint density at radius 1 is 1.26 bits per heavy atom. The number of nitrogens with zero attached hydrogens (tertiary/aromatic N) is 1. The number of benzene rings is 1. The lowest BCUT2D eigenvalue weighted by Crippen LogP contribution is -2.58. The molecular weight excluding hydrogens is 526 g/mol. The van der Waals surface area contributed by atoms with Gasteiger partial charge in [0.1, 0.15) is 36.2 Å². The molecule has 7 atom stereocenters. The van der Waals surface area contributed by atoms with Crippen LogP contribution in [0.15, 0.2) is 52.2 Å². The van der Waals surface area contributed by atoms with Gasteiger partial charge in [0.25, 0.3) is 5.56 Å². The lowest BCUT2D eigenvalue weighted by Gasteiger charge is -2.31. The van der Waals surface area contributed by atoms with Gasteiger partial charge in [-0.05, 0) is 39.8 Å². The minimum absolute atomic E-state index is 0.141. The van der Waals surface area contributed by atoms with Crippen LogP contribution in [0.1, 0.15) is 33.9 Å². The fraction of sp³-hybridized carbons (Fsp3) is 0.522. The summed E-state index contributed by atoms with van der Waals surface area (Å²) in [6.45, 7) is 4.74. The molecule has 1 aliphatic heterocycles. The molecule has 2 heterocycles. The number of ether oxygens (including phenoxy) is 2. The van der Waals surface area contributed by atoms with Crippen molar-refractivity contribution in [2.45, 2.75) is 69.9 Å². The summed E-state index contributed by atoms with van der Waals surface area (Å²) in [6.07, 6.45) is -5.37. The fourth-order valence-corrected chi connectivity index (χ4v) is 5.55. The molecule has 0 amide bonds. The van der Waals surface area contributed by atoms with Crippen molar-refractivity contribution in [1.29, 1.82) is 0 Å². The van der Waals surface area contributed by atoms with Crippen LogP contribution in [0.4, 0.5) is 4.39 Å². The quantitative estimate of drug-likeness (QED) is 0.228. The number of nitrogens with one attached hydrogen (secondary N) is 2. The number of rotatable bonds is 11. The van der Waals surface area contributed by atoms with Crippen LogP contribution in [-0.4, -0.2) is 63.3 Å². The molecule has 1 fully saturated rings. The molecule has 2 aromatic rings. The SMILES string of the molecule is CC(C)OC(=O)[C@H](C)NP(=O)(Oc1ccccc1)O[C@H](C)[C@H]1O[C@@H](n2ccc(=O)[nH]c2=O)[C@@](N)(CF)C1O. The molecule has 1 aliphatic rings. The maximum atomic E-state index is 14.2. The summed E-state index contributed by atoms with van der Waals surface area (Å²) in [5.41, 5.74) is 2.37. The van der Waals surface area contributed by atoms with E-state index in [1.807, 2.05) is 4.98 Å². The Morgan fingerprint density at radius 2 is 1.92 bits per heavy atom. The number of halogens is 1. The zero-order valence-corrected chi connectivity index (χ0v) is 22.2. The van der Waals surface area contributed by atoms with E-state index < -0.39 is 73.9 Å². The summed E-state index contributed by atoms with van der Waals surface area (Å²) in [4.78, 5) is 38.2. The highest BCUT2D eigenvalue weighted by atomic mass is 31.2. The van der Waals surface area contributed by atoms with Crippen molar-refractivity contribution in [3.63, 3.8) is 0 Å². The van der Waals surface area contributed by atoms with E-state index in [1.165, 1.54) is 26.0 Å². The Balaban J connectivity index is 1.89. The van der Waals surface area contributed by atoms with E-state index in [-0.39, 0.29) is 5.75 Å². The van der Waals surface area contributed by atoms with E-state index in [9.17, 15) is 28.4 Å². The van der Waals surface area contributed by atoms with Gasteiger partial charge in [-0.2, -0.15) is 5.09 Å². The van der Waals surface area contributed by atoms with Crippen molar-refractivity contribution in [2.75, 3.05) is 6.67 Å². The Labute approximate surface area is 217 Å². The molecular formula is C23H32FN4O9P. The normalized spacial score (nSPS) is 26.5. The number of aliphatic hydroxyl groups is 1. The van der Waals surface area contributed by atoms with Gasteiger partial charge in [-0.1, -0.05) is 18.2 Å². The van der Waals surface area contributed by atoms with Crippen LogP contribution >= 0.6 is 7.75 Å². The molecule has 1 aromatic heterocycles. The van der Waals surface area contributed by atoms with Gasteiger partial charge in [0, 0.05) is 12.3 Å². The maximum Gasteiger partial charge on any atom is 0.459 e. The number of alkyl halides is 1. The molecule has 1 aromatic carbocycles. The third-order valence-corrected chi connectivity index (χ3v) is 7.50. The van der Waals surface area contributed by atoms with Crippen molar-refractivity contribution in [2.24, 2.45) is 5.73 Å². The average Bonchev–Trinajstić information content (AvgIpc) is 3.10. The highest BCUT2D eigenvalue weighted by Gasteiger charge is 2.57. The van der Waals surface area contributed by atoms with Crippen molar-refractivity contribution in [3.8, 4) is 5.75 Å². The second-order valence-electron chi connectivity index (χ2n) is 9.21. The van der Waals surface area contributed by atoms with Gasteiger partial charge in [-0.25, -0.2) is 13.8 Å². The number of hydrogen-bond donors (Lipinski definition) is 4. The average molecular weight is 559 g/mol. The Hall–Kier alpha value is -2.87. The van der Waals surface area contributed by atoms with E-state index in [2.05, 4.69) is 5.09 Å². The molecule has 5 N–H and O–H groups in total. The van der Waals surface area contributed by atoms with Crippen LogP contribution in [0.5, 0.6) is 5.75 Å². The number of carbonyl (C=O) groups is 1. The lowest BCUT2D eigenvalue weighted by molar-refractivity contribution is -0.149. The zero-order chi connectivity index (χ0) is 28.3. The first kappa shape index (κ1) is 29.7. The first-order valence-electron chi connectivity index (χ1n) is 11.8. The number of hydrogen-bond acceptors (Lipinski definition) is 10. The molecule has 2 unspecified atom stereocenters. The Bertz CT molecular complexity index is 1270. The lowest BCUT2D eigenvalue weighted by atomic mass is 9.91. The standard InChI is InChI=1S/C23H32FN4O9P/c1-13(2)34-20(31)14(3)27-38(33,37-16-8-6-5-7-9-16)36-15(4)18-19(30)23(25,12-24)21(35-18)28-11-10-17(29)26-22(28)32/h5-11,13-15,18-19,21,30H,12,25H2,1-4H3,(H,27,33)(H,26,29,32)/t14-,15+,18+,19?,21+,23+,38?/m0/s1. The Morgan fingerprint density at radius 3 is 2.50 bits per heavy atom. The zero-order valence-electron chi connectivity index (χ0n) is 21.3. The third-order valence-electron chi connectivity index (χ3n) is 5.74. The summed E-state index contributed by atoms with van der Waals surface area (Å²) in [6, 6.07) is 7.84. The van der Waals surface area contributed by atoms with Gasteiger partial charge < -0.3 is 24.8 Å². The molecule has 1 saturated heterocycles. The summed E-state index contributed by atoms with van der Waals surface area (Å²) in [5, 5.41) is 13.4. The van der Waals surface area contributed by atoms with Crippen LogP contribution in [0.25, 0.3) is 0 Å². The molecule has 3 rings (SSSR count). The first-order chi connectivity index (χ1) is 17.8. The van der Waals surface area contributed by atoms with E-state index in [1.54, 1.807) is 32.0 Å². The van der Waals surface area contributed by atoms with Gasteiger partial charge in [-0.15, -0.1) is 0 Å². The van der Waals surface area contributed by atoms with Crippen LogP contribution in [-0.2, 0) is 23.4 Å². The highest BCUT2D eigenvalue weighted by molar-refractivity contribution is 7.52. The maximum absolute atomic E-state index is 14.2. The smallest absolute Gasteiger partial charge is 0.459 e. The van der Waals surface area contributed by atoms with Gasteiger partial charge in [0.05, 0.1) is 12.2 Å². The van der Waals surface area contributed by atoms with Crippen molar-refractivity contribution < 1.29 is 37.4 Å². The van der Waals surface area contributed by atoms with Crippen molar-refractivity contribution in [3.05, 3.63) is 63.4 Å². The van der Waals surface area contributed by atoms with Gasteiger partial charge in [0.15, 0.2) is 6.23 Å². The largest absolute Gasteiger partial charge is 0.462 e. The minimum Gasteiger partial charge on any atom is -0.462 e. The molecule has 38 heavy (non-hydrogen) atoms. The molecule has 15 heteroatoms. The molecule has 0 radical (unpaired) electrons. The number of aromatic amines is 1. The van der Waals surface area contributed by atoms with Gasteiger partial charge >= 0.3 is 19.4 Å².